The third-order valence-electron chi connectivity index (χ3n) is 1.34. The molecular formula is C7H5BrClFO2S. The van der Waals surface area contributed by atoms with Gasteiger partial charge in [0.2, 0.25) is 9.05 Å². The van der Waals surface area contributed by atoms with Crippen LogP contribution >= 0.6 is 26.6 Å². The van der Waals surface area contributed by atoms with Gasteiger partial charge in [-0.05, 0) is 12.1 Å². The van der Waals surface area contributed by atoms with Crippen molar-refractivity contribution in [2.75, 3.05) is 0 Å². The molecule has 0 unspecified atom stereocenters. The van der Waals surface area contributed by atoms with Gasteiger partial charge in [0.05, 0.1) is 5.75 Å². The van der Waals surface area contributed by atoms with Gasteiger partial charge in [0.15, 0.2) is 0 Å². The van der Waals surface area contributed by atoms with Crippen LogP contribution in [0.15, 0.2) is 22.7 Å². The molecule has 0 bridgehead atoms. The van der Waals surface area contributed by atoms with Gasteiger partial charge in [0.1, 0.15) is 5.82 Å². The first-order valence-corrected chi connectivity index (χ1v) is 6.52. The average molecular weight is 288 g/mol. The first-order chi connectivity index (χ1) is 5.88. The summed E-state index contributed by atoms with van der Waals surface area (Å²) in [5, 5.41) is 0. The van der Waals surface area contributed by atoms with Crippen LogP contribution in [0.5, 0.6) is 0 Å². The van der Waals surface area contributed by atoms with Gasteiger partial charge >= 0.3 is 0 Å². The molecule has 0 aliphatic carbocycles. The Morgan fingerprint density at radius 3 is 2.54 bits per heavy atom. The quantitative estimate of drug-likeness (QED) is 0.784. The largest absolute Gasteiger partial charge is 0.236 e. The topological polar surface area (TPSA) is 34.1 Å². The van der Waals surface area contributed by atoms with Crippen LogP contribution in [-0.2, 0) is 14.8 Å². The van der Waals surface area contributed by atoms with E-state index < -0.39 is 20.6 Å². The highest BCUT2D eigenvalue weighted by Crippen LogP contribution is 2.18. The molecule has 0 atom stereocenters. The number of benzene rings is 1. The lowest BCUT2D eigenvalue weighted by molar-refractivity contribution is 0.597. The van der Waals surface area contributed by atoms with E-state index in [1.54, 1.807) is 6.07 Å². The van der Waals surface area contributed by atoms with Gasteiger partial charge in [-0.15, -0.1) is 0 Å². The zero-order valence-electron chi connectivity index (χ0n) is 6.30. The smallest absolute Gasteiger partial charge is 0.212 e. The number of halogens is 3. The van der Waals surface area contributed by atoms with E-state index in [0.29, 0.717) is 4.47 Å². The molecule has 0 aliphatic heterocycles. The van der Waals surface area contributed by atoms with Crippen LogP contribution in [0.3, 0.4) is 0 Å². The van der Waals surface area contributed by atoms with Gasteiger partial charge in [0.25, 0.3) is 0 Å². The van der Waals surface area contributed by atoms with Gasteiger partial charge in [0, 0.05) is 20.7 Å². The third kappa shape index (κ3) is 3.62. The van der Waals surface area contributed by atoms with Gasteiger partial charge < -0.3 is 0 Å². The van der Waals surface area contributed by atoms with Crippen molar-refractivity contribution >= 4 is 35.7 Å². The summed E-state index contributed by atoms with van der Waals surface area (Å²) in [4.78, 5) is 0. The zero-order valence-corrected chi connectivity index (χ0v) is 9.46. The molecule has 0 amide bonds. The highest BCUT2D eigenvalue weighted by molar-refractivity contribution is 9.10. The molecule has 0 spiro atoms. The molecular weight excluding hydrogens is 282 g/mol. The van der Waals surface area contributed by atoms with E-state index in [9.17, 15) is 12.8 Å². The van der Waals surface area contributed by atoms with E-state index in [1.165, 1.54) is 12.1 Å². The summed E-state index contributed by atoms with van der Waals surface area (Å²) in [6.45, 7) is 0. The van der Waals surface area contributed by atoms with Crippen molar-refractivity contribution in [1.82, 2.24) is 0 Å². The van der Waals surface area contributed by atoms with Gasteiger partial charge in [-0.2, -0.15) is 0 Å². The maximum Gasteiger partial charge on any atom is 0.236 e. The molecule has 1 aromatic rings. The summed E-state index contributed by atoms with van der Waals surface area (Å²) in [5.41, 5.74) is 0.0678. The predicted octanol–water partition coefficient (Wildman–Crippen LogP) is 2.66. The molecule has 1 aromatic carbocycles. The van der Waals surface area contributed by atoms with Crippen molar-refractivity contribution in [3.8, 4) is 0 Å². The summed E-state index contributed by atoms with van der Waals surface area (Å²) in [6, 6.07) is 4.12. The third-order valence-corrected chi connectivity index (χ3v) is 2.82. The van der Waals surface area contributed by atoms with Crippen molar-refractivity contribution in [3.05, 3.63) is 34.1 Å². The Bertz CT molecular complexity index is 419. The Kier molecular flexibility index (Phi) is 3.32. The van der Waals surface area contributed by atoms with Crippen LogP contribution in [0, 0.1) is 5.82 Å². The van der Waals surface area contributed by atoms with Crippen molar-refractivity contribution < 1.29 is 12.8 Å². The average Bonchev–Trinajstić information content (AvgIpc) is 1.93. The fraction of sp³-hybridized carbons (Fsp3) is 0.143. The summed E-state index contributed by atoms with van der Waals surface area (Å²) in [6.07, 6.45) is 0. The highest BCUT2D eigenvalue weighted by Gasteiger charge is 2.11. The maximum absolute atomic E-state index is 13.0. The second kappa shape index (κ2) is 3.94. The van der Waals surface area contributed by atoms with Crippen LogP contribution < -0.4 is 0 Å². The van der Waals surface area contributed by atoms with Crippen LogP contribution in [0.2, 0.25) is 0 Å². The highest BCUT2D eigenvalue weighted by atomic mass is 79.9. The van der Waals surface area contributed by atoms with E-state index in [-0.39, 0.29) is 5.56 Å². The predicted molar refractivity (Wildman–Crippen MR) is 52.6 cm³/mol. The fourth-order valence-electron chi connectivity index (χ4n) is 0.824. The normalized spacial score (nSPS) is 11.6. The Morgan fingerprint density at radius 1 is 1.46 bits per heavy atom. The van der Waals surface area contributed by atoms with Crippen molar-refractivity contribution in [3.63, 3.8) is 0 Å². The minimum Gasteiger partial charge on any atom is -0.212 e. The molecule has 0 N–H and O–H groups in total. The molecule has 0 saturated heterocycles. The molecule has 13 heavy (non-hydrogen) atoms. The SMILES string of the molecule is O=S(=O)(Cl)Cc1ccc(Br)cc1F. The van der Waals surface area contributed by atoms with E-state index in [4.69, 9.17) is 10.7 Å². The maximum atomic E-state index is 13.0. The molecule has 1 rings (SSSR count). The molecule has 0 radical (unpaired) electrons. The lowest BCUT2D eigenvalue weighted by Crippen LogP contribution is -1.97. The Labute approximate surface area is 88.3 Å². The van der Waals surface area contributed by atoms with Gasteiger partial charge in [-0.1, -0.05) is 22.0 Å². The number of rotatable bonds is 2. The Balaban J connectivity index is 3.04. The first-order valence-electron chi connectivity index (χ1n) is 3.25. The molecule has 2 nitrogen and oxygen atoms in total. The standard InChI is InChI=1S/C7H5BrClFO2S/c8-6-2-1-5(7(10)3-6)4-13(9,11)12/h1-3H,4H2. The number of hydrogen-bond acceptors (Lipinski definition) is 2. The molecule has 0 aliphatic rings. The first kappa shape index (κ1) is 10.9. The van der Waals surface area contributed by atoms with Crippen molar-refractivity contribution in [2.45, 2.75) is 5.75 Å². The second-order valence-corrected chi connectivity index (χ2v) is 6.11. The summed E-state index contributed by atoms with van der Waals surface area (Å²) >= 11 is 3.05. The summed E-state index contributed by atoms with van der Waals surface area (Å²) in [5.74, 6) is -1.08. The van der Waals surface area contributed by atoms with Crippen molar-refractivity contribution in [2.24, 2.45) is 0 Å². The second-order valence-electron chi connectivity index (χ2n) is 2.42. The fourth-order valence-corrected chi connectivity index (χ4v) is 2.12. The Morgan fingerprint density at radius 2 is 2.08 bits per heavy atom. The molecule has 0 saturated carbocycles. The van der Waals surface area contributed by atoms with E-state index >= 15 is 0 Å². The monoisotopic (exact) mass is 286 g/mol. The molecule has 0 heterocycles. The van der Waals surface area contributed by atoms with E-state index in [2.05, 4.69) is 15.9 Å². The van der Waals surface area contributed by atoms with Gasteiger partial charge in [-0.3, -0.25) is 0 Å². The van der Waals surface area contributed by atoms with Crippen LogP contribution in [-0.4, -0.2) is 8.42 Å². The van der Waals surface area contributed by atoms with Crippen LogP contribution in [0.4, 0.5) is 4.39 Å². The van der Waals surface area contributed by atoms with E-state index in [1.807, 2.05) is 0 Å². The summed E-state index contributed by atoms with van der Waals surface area (Å²) in [7, 11) is 1.28. The van der Waals surface area contributed by atoms with Gasteiger partial charge in [-0.25, -0.2) is 12.8 Å². The minimum absolute atomic E-state index is 0.0678. The lowest BCUT2D eigenvalue weighted by Gasteiger charge is -2.00. The van der Waals surface area contributed by atoms with Crippen LogP contribution in [0.25, 0.3) is 0 Å². The van der Waals surface area contributed by atoms with Crippen molar-refractivity contribution in [1.29, 1.82) is 0 Å². The molecule has 72 valence electrons. The van der Waals surface area contributed by atoms with E-state index in [0.717, 1.165) is 0 Å². The lowest BCUT2D eigenvalue weighted by atomic mass is 10.2. The number of hydrogen-bond donors (Lipinski definition) is 0. The summed E-state index contributed by atoms with van der Waals surface area (Å²) < 4.78 is 34.8. The molecule has 6 heteroatoms. The Hall–Kier alpha value is -0.130. The zero-order chi connectivity index (χ0) is 10.1. The molecule has 0 aromatic heterocycles. The minimum atomic E-state index is -3.70. The van der Waals surface area contributed by atoms with Crippen LogP contribution in [0.1, 0.15) is 5.56 Å². The molecule has 0 fully saturated rings.